The van der Waals surface area contributed by atoms with Crippen molar-refractivity contribution in [2.24, 2.45) is 0 Å². The van der Waals surface area contributed by atoms with Crippen LogP contribution in [-0.2, 0) is 19.7 Å². The van der Waals surface area contributed by atoms with Gasteiger partial charge in [-0.25, -0.2) is 4.68 Å². The van der Waals surface area contributed by atoms with Crippen LogP contribution in [0.3, 0.4) is 0 Å². The molecule has 0 spiro atoms. The van der Waals surface area contributed by atoms with Crippen LogP contribution in [0.5, 0.6) is 17.2 Å². The summed E-state index contributed by atoms with van der Waals surface area (Å²) in [7, 11) is 4.92. The molecular formula is C21H25N5O4. The van der Waals surface area contributed by atoms with Gasteiger partial charge < -0.3 is 19.1 Å². The topological polar surface area (TPSA) is 91.6 Å². The number of hydrogen-bond donors (Lipinski definition) is 0. The van der Waals surface area contributed by atoms with Crippen LogP contribution in [0.1, 0.15) is 28.7 Å². The number of tetrazole rings is 1. The molecule has 1 amide bonds. The third-order valence-electron chi connectivity index (χ3n) is 4.57. The molecule has 1 aromatic heterocycles. The Morgan fingerprint density at radius 2 is 1.90 bits per heavy atom. The maximum absolute atomic E-state index is 12.9. The Morgan fingerprint density at radius 3 is 2.63 bits per heavy atom. The predicted octanol–water partition coefficient (Wildman–Crippen LogP) is 2.56. The lowest BCUT2D eigenvalue weighted by molar-refractivity contribution is 0.0784. The van der Waals surface area contributed by atoms with E-state index in [1.54, 1.807) is 55.1 Å². The number of carbonyl (C=O) groups is 1. The Balaban J connectivity index is 1.66. The van der Waals surface area contributed by atoms with Crippen molar-refractivity contribution in [2.75, 3.05) is 21.3 Å². The zero-order valence-electron chi connectivity index (χ0n) is 17.5. The molecule has 2 aromatic carbocycles. The van der Waals surface area contributed by atoms with Crippen molar-refractivity contribution in [1.82, 2.24) is 25.1 Å². The number of hydrogen-bond acceptors (Lipinski definition) is 7. The van der Waals surface area contributed by atoms with Gasteiger partial charge in [-0.15, -0.1) is 5.10 Å². The molecule has 3 aromatic rings. The van der Waals surface area contributed by atoms with E-state index in [2.05, 4.69) is 15.5 Å². The van der Waals surface area contributed by atoms with Gasteiger partial charge >= 0.3 is 0 Å². The Bertz CT molecular complexity index is 1000. The molecule has 0 saturated heterocycles. The van der Waals surface area contributed by atoms with Crippen molar-refractivity contribution in [1.29, 1.82) is 0 Å². The number of carbonyl (C=O) groups excluding carboxylic acids is 1. The fraction of sp³-hybridized carbons (Fsp3) is 0.333. The number of methoxy groups -OCH3 is 2. The van der Waals surface area contributed by atoms with Gasteiger partial charge in [0.05, 0.1) is 14.2 Å². The van der Waals surface area contributed by atoms with Crippen LogP contribution >= 0.6 is 0 Å². The normalized spacial score (nSPS) is 10.5. The lowest BCUT2D eigenvalue weighted by Crippen LogP contribution is -2.26. The number of aromatic nitrogens is 4. The molecule has 0 N–H and O–H groups in total. The number of nitrogens with zero attached hydrogens (tertiary/aromatic N) is 5. The summed E-state index contributed by atoms with van der Waals surface area (Å²) >= 11 is 0. The highest BCUT2D eigenvalue weighted by molar-refractivity contribution is 5.94. The summed E-state index contributed by atoms with van der Waals surface area (Å²) in [6.45, 7) is 3.26. The van der Waals surface area contributed by atoms with Crippen LogP contribution in [0.2, 0.25) is 0 Å². The zero-order chi connectivity index (χ0) is 21.5. The second kappa shape index (κ2) is 9.73. The number of ether oxygens (including phenoxy) is 3. The average Bonchev–Trinajstić information content (AvgIpc) is 3.24. The van der Waals surface area contributed by atoms with Crippen LogP contribution in [0.15, 0.2) is 42.5 Å². The van der Waals surface area contributed by atoms with Crippen molar-refractivity contribution < 1.29 is 19.0 Å². The van der Waals surface area contributed by atoms with E-state index < -0.39 is 0 Å². The van der Waals surface area contributed by atoms with Crippen molar-refractivity contribution in [2.45, 2.75) is 26.6 Å². The first-order valence-electron chi connectivity index (χ1n) is 9.50. The van der Waals surface area contributed by atoms with Crippen LogP contribution in [0.4, 0.5) is 0 Å². The van der Waals surface area contributed by atoms with Crippen molar-refractivity contribution >= 4 is 5.91 Å². The molecule has 0 radical (unpaired) electrons. The second-order valence-corrected chi connectivity index (χ2v) is 6.58. The first-order valence-corrected chi connectivity index (χ1v) is 9.50. The van der Waals surface area contributed by atoms with Crippen LogP contribution in [-0.4, -0.2) is 52.3 Å². The smallest absolute Gasteiger partial charge is 0.254 e. The number of benzene rings is 2. The first kappa shape index (κ1) is 21.1. The number of amides is 1. The van der Waals surface area contributed by atoms with Gasteiger partial charge in [-0.1, -0.05) is 12.1 Å². The molecule has 9 nitrogen and oxygen atoms in total. The van der Waals surface area contributed by atoms with Crippen LogP contribution < -0.4 is 14.2 Å². The third-order valence-corrected chi connectivity index (χ3v) is 4.57. The average molecular weight is 411 g/mol. The fourth-order valence-corrected chi connectivity index (χ4v) is 2.98. The van der Waals surface area contributed by atoms with E-state index in [-0.39, 0.29) is 12.5 Å². The molecule has 0 bridgehead atoms. The van der Waals surface area contributed by atoms with E-state index >= 15 is 0 Å². The highest BCUT2D eigenvalue weighted by Gasteiger charge is 2.15. The summed E-state index contributed by atoms with van der Waals surface area (Å²) in [5, 5.41) is 11.5. The quantitative estimate of drug-likeness (QED) is 0.534. The summed E-state index contributed by atoms with van der Waals surface area (Å²) in [4.78, 5) is 14.5. The molecule has 0 fully saturated rings. The summed E-state index contributed by atoms with van der Waals surface area (Å²) in [5.74, 6) is 2.36. The van der Waals surface area contributed by atoms with Crippen molar-refractivity contribution in [3.05, 3.63) is 59.4 Å². The van der Waals surface area contributed by atoms with Gasteiger partial charge in [-0.05, 0) is 53.2 Å². The summed E-state index contributed by atoms with van der Waals surface area (Å²) in [6, 6.07) is 12.7. The minimum Gasteiger partial charge on any atom is -0.493 e. The monoisotopic (exact) mass is 411 g/mol. The summed E-state index contributed by atoms with van der Waals surface area (Å²) in [6.07, 6.45) is 0. The number of rotatable bonds is 9. The minimum atomic E-state index is -0.117. The van der Waals surface area contributed by atoms with Crippen molar-refractivity contribution in [3.63, 3.8) is 0 Å². The molecule has 0 unspecified atom stereocenters. The predicted molar refractivity (Wildman–Crippen MR) is 110 cm³/mol. The maximum Gasteiger partial charge on any atom is 0.254 e. The molecule has 158 valence electrons. The summed E-state index contributed by atoms with van der Waals surface area (Å²) in [5.41, 5.74) is 1.47. The van der Waals surface area contributed by atoms with Gasteiger partial charge in [0.2, 0.25) is 0 Å². The van der Waals surface area contributed by atoms with Gasteiger partial charge in [0, 0.05) is 25.7 Å². The Morgan fingerprint density at radius 1 is 1.10 bits per heavy atom. The lowest BCUT2D eigenvalue weighted by Gasteiger charge is -2.19. The minimum absolute atomic E-state index is 0.117. The van der Waals surface area contributed by atoms with Gasteiger partial charge in [0.25, 0.3) is 5.91 Å². The molecule has 0 saturated carbocycles. The number of aryl methyl sites for hydroxylation is 1. The molecule has 0 aliphatic rings. The van der Waals surface area contributed by atoms with Gasteiger partial charge in [0.15, 0.2) is 17.3 Å². The first-order chi connectivity index (χ1) is 14.5. The molecule has 0 atom stereocenters. The Hall–Kier alpha value is -3.62. The van der Waals surface area contributed by atoms with Gasteiger partial charge in [0.1, 0.15) is 12.4 Å². The molecule has 9 heteroatoms. The summed E-state index contributed by atoms with van der Waals surface area (Å²) < 4.78 is 18.0. The lowest BCUT2D eigenvalue weighted by atomic mass is 10.1. The van der Waals surface area contributed by atoms with E-state index in [9.17, 15) is 4.79 Å². The molecule has 0 aliphatic heterocycles. The Kier molecular flexibility index (Phi) is 6.84. The SMILES string of the molecule is CCn1nnnc1COc1cccc(C(=O)N(C)Cc2ccc(OC)c(OC)c2)c1. The highest BCUT2D eigenvalue weighted by Crippen LogP contribution is 2.28. The maximum atomic E-state index is 12.9. The highest BCUT2D eigenvalue weighted by atomic mass is 16.5. The largest absolute Gasteiger partial charge is 0.493 e. The van der Waals surface area contributed by atoms with Crippen molar-refractivity contribution in [3.8, 4) is 17.2 Å². The second-order valence-electron chi connectivity index (χ2n) is 6.58. The van der Waals surface area contributed by atoms with Gasteiger partial charge in [-0.3, -0.25) is 4.79 Å². The van der Waals surface area contributed by atoms with E-state index in [1.165, 1.54) is 0 Å². The van der Waals surface area contributed by atoms with Gasteiger partial charge in [-0.2, -0.15) is 0 Å². The zero-order valence-corrected chi connectivity index (χ0v) is 17.5. The molecule has 30 heavy (non-hydrogen) atoms. The molecule has 1 heterocycles. The molecular weight excluding hydrogens is 386 g/mol. The van der Waals surface area contributed by atoms with Crippen LogP contribution in [0, 0.1) is 0 Å². The fourth-order valence-electron chi connectivity index (χ4n) is 2.98. The van der Waals surface area contributed by atoms with Crippen LogP contribution in [0.25, 0.3) is 0 Å². The van der Waals surface area contributed by atoms with E-state index in [0.29, 0.717) is 41.7 Å². The third kappa shape index (κ3) is 4.86. The molecule has 3 rings (SSSR count). The van der Waals surface area contributed by atoms with E-state index in [0.717, 1.165) is 5.56 Å². The van der Waals surface area contributed by atoms with E-state index in [4.69, 9.17) is 14.2 Å². The molecule has 0 aliphatic carbocycles. The van der Waals surface area contributed by atoms with E-state index in [1.807, 2.05) is 25.1 Å². The standard InChI is InChI=1S/C21H25N5O4/c1-5-26-20(22-23-24-26)14-30-17-8-6-7-16(12-17)21(27)25(2)13-15-9-10-18(28-3)19(11-15)29-4/h6-12H,5,13-14H2,1-4H3. The Labute approximate surface area is 175 Å².